The Kier molecular flexibility index (Phi) is 4.74. The summed E-state index contributed by atoms with van der Waals surface area (Å²) >= 11 is 0. The topological polar surface area (TPSA) is 97.4 Å². The molecule has 3 heterocycles. The number of fused-ring (bicyclic) bond motifs is 1. The van der Waals surface area contributed by atoms with Crippen LogP contribution in [-0.4, -0.2) is 59.6 Å². The van der Waals surface area contributed by atoms with Gasteiger partial charge in [0.25, 0.3) is 0 Å². The van der Waals surface area contributed by atoms with E-state index in [1.807, 2.05) is 16.8 Å². The summed E-state index contributed by atoms with van der Waals surface area (Å²) in [6.07, 6.45) is 3.17. The van der Waals surface area contributed by atoms with Crippen LogP contribution in [0.1, 0.15) is 37.2 Å². The number of benzene rings is 1. The normalized spacial score (nSPS) is 24.4. The van der Waals surface area contributed by atoms with E-state index >= 15 is 0 Å². The minimum absolute atomic E-state index is 0.0645. The third-order valence-corrected chi connectivity index (χ3v) is 5.81. The first kappa shape index (κ1) is 18.1. The Morgan fingerprint density at radius 3 is 2.52 bits per heavy atom. The highest BCUT2D eigenvalue weighted by Gasteiger charge is 2.33. The van der Waals surface area contributed by atoms with Crippen molar-refractivity contribution < 1.29 is 19.7 Å². The molecule has 0 amide bonds. The van der Waals surface area contributed by atoms with Crippen molar-refractivity contribution in [3.05, 3.63) is 27.9 Å². The lowest BCUT2D eigenvalue weighted by Crippen LogP contribution is -2.40. The number of hydrogen-bond acceptors (Lipinski definition) is 7. The van der Waals surface area contributed by atoms with Crippen LogP contribution in [-0.2, 0) is 0 Å². The Balaban J connectivity index is 1.89. The molecule has 3 N–H and O–H groups in total. The van der Waals surface area contributed by atoms with E-state index in [0.29, 0.717) is 24.4 Å². The van der Waals surface area contributed by atoms with Gasteiger partial charge in [-0.1, -0.05) is 0 Å². The molecular formula is C20H26N2O5. The zero-order valence-corrected chi connectivity index (χ0v) is 15.5. The van der Waals surface area contributed by atoms with Crippen LogP contribution in [0.2, 0.25) is 0 Å². The van der Waals surface area contributed by atoms with Crippen LogP contribution in [0.3, 0.4) is 0 Å². The van der Waals surface area contributed by atoms with Crippen LogP contribution < -0.4 is 10.3 Å². The highest BCUT2D eigenvalue weighted by Crippen LogP contribution is 2.42. The highest BCUT2D eigenvalue weighted by atomic mass is 16.4. The number of hydrogen-bond donors (Lipinski definition) is 3. The van der Waals surface area contributed by atoms with Gasteiger partial charge in [0.2, 0.25) is 0 Å². The number of piperidine rings is 2. The fraction of sp³-hybridized carbons (Fsp3) is 0.550. The van der Waals surface area contributed by atoms with E-state index in [4.69, 9.17) is 4.42 Å². The number of rotatable bonds is 2. The molecule has 0 saturated carbocycles. The van der Waals surface area contributed by atoms with E-state index in [9.17, 15) is 20.1 Å². The third-order valence-electron chi connectivity index (χ3n) is 5.81. The standard InChI is InChI=1S/C20H26N2O5/c1-21-8-5-12(16(26)11-21)18-13(23)9-14(24)19-15(25)10-17(27-20(18)19)22-6-3-2-4-7-22/h9-10,12,16,23-24,26H,2-8,11H2,1H3/t12-,16+/m1/s1. The molecule has 2 aliphatic rings. The Morgan fingerprint density at radius 1 is 1.07 bits per heavy atom. The first-order valence-electron chi connectivity index (χ1n) is 9.60. The van der Waals surface area contributed by atoms with Gasteiger partial charge >= 0.3 is 0 Å². The molecule has 146 valence electrons. The van der Waals surface area contributed by atoms with Gasteiger partial charge < -0.3 is 29.5 Å². The van der Waals surface area contributed by atoms with Crippen LogP contribution >= 0.6 is 0 Å². The van der Waals surface area contributed by atoms with Crippen molar-refractivity contribution in [3.63, 3.8) is 0 Å². The van der Waals surface area contributed by atoms with Crippen LogP contribution in [0.25, 0.3) is 11.0 Å². The van der Waals surface area contributed by atoms with Gasteiger partial charge in [0, 0.05) is 43.2 Å². The number of aliphatic hydroxyl groups excluding tert-OH is 1. The molecule has 27 heavy (non-hydrogen) atoms. The molecule has 0 radical (unpaired) electrons. The molecule has 0 unspecified atom stereocenters. The summed E-state index contributed by atoms with van der Waals surface area (Å²) in [5.74, 6) is -0.343. The number of anilines is 1. The molecule has 2 fully saturated rings. The lowest BCUT2D eigenvalue weighted by Gasteiger charge is -2.34. The minimum atomic E-state index is -0.689. The summed E-state index contributed by atoms with van der Waals surface area (Å²) in [4.78, 5) is 16.8. The minimum Gasteiger partial charge on any atom is -0.507 e. The molecule has 7 heteroatoms. The van der Waals surface area contributed by atoms with Gasteiger partial charge in [0.05, 0.1) is 6.10 Å². The van der Waals surface area contributed by atoms with E-state index < -0.39 is 6.10 Å². The quantitative estimate of drug-likeness (QED) is 0.739. The Hall–Kier alpha value is -2.25. The van der Waals surface area contributed by atoms with Gasteiger partial charge in [-0.2, -0.15) is 0 Å². The molecule has 0 bridgehead atoms. The average Bonchev–Trinajstić information content (AvgIpc) is 2.63. The lowest BCUT2D eigenvalue weighted by molar-refractivity contribution is 0.0630. The summed E-state index contributed by atoms with van der Waals surface area (Å²) in [7, 11) is 1.93. The van der Waals surface area contributed by atoms with Gasteiger partial charge in [-0.15, -0.1) is 0 Å². The number of likely N-dealkylation sites (tertiary alicyclic amines) is 1. The predicted molar refractivity (Wildman–Crippen MR) is 103 cm³/mol. The van der Waals surface area contributed by atoms with Crippen molar-refractivity contribution in [2.45, 2.75) is 37.7 Å². The Bertz CT molecular complexity index is 903. The van der Waals surface area contributed by atoms with E-state index in [2.05, 4.69) is 0 Å². The van der Waals surface area contributed by atoms with Crippen molar-refractivity contribution in [1.29, 1.82) is 0 Å². The van der Waals surface area contributed by atoms with Gasteiger partial charge in [-0.3, -0.25) is 4.79 Å². The third kappa shape index (κ3) is 3.26. The first-order chi connectivity index (χ1) is 13.0. The molecule has 2 aliphatic heterocycles. The fourth-order valence-corrected chi connectivity index (χ4v) is 4.36. The van der Waals surface area contributed by atoms with E-state index in [-0.39, 0.29) is 33.8 Å². The lowest BCUT2D eigenvalue weighted by atomic mass is 9.85. The molecular weight excluding hydrogens is 348 g/mol. The van der Waals surface area contributed by atoms with Crippen LogP contribution in [0.15, 0.2) is 21.3 Å². The molecule has 4 rings (SSSR count). The summed E-state index contributed by atoms with van der Waals surface area (Å²) in [6, 6.07) is 2.60. The summed E-state index contributed by atoms with van der Waals surface area (Å²) < 4.78 is 6.08. The second-order valence-corrected chi connectivity index (χ2v) is 7.75. The zero-order valence-electron chi connectivity index (χ0n) is 15.5. The monoisotopic (exact) mass is 374 g/mol. The highest BCUT2D eigenvalue weighted by molar-refractivity contribution is 5.89. The molecule has 0 spiro atoms. The number of nitrogens with zero attached hydrogens (tertiary/aromatic N) is 2. The molecule has 2 saturated heterocycles. The number of β-amino-alcohol motifs (C(OH)–C–C–N with tert-alkyl or cyclic N) is 1. The number of aliphatic hydroxyl groups is 1. The number of likely N-dealkylation sites (N-methyl/N-ethyl adjacent to an activating group) is 1. The smallest absolute Gasteiger partial charge is 0.200 e. The maximum Gasteiger partial charge on any atom is 0.200 e. The maximum atomic E-state index is 12.7. The van der Waals surface area contributed by atoms with E-state index in [0.717, 1.165) is 38.9 Å². The van der Waals surface area contributed by atoms with Crippen molar-refractivity contribution in [2.24, 2.45) is 0 Å². The van der Waals surface area contributed by atoms with E-state index in [1.165, 1.54) is 12.1 Å². The summed E-state index contributed by atoms with van der Waals surface area (Å²) in [5.41, 5.74) is 0.270. The van der Waals surface area contributed by atoms with Crippen molar-refractivity contribution in [1.82, 2.24) is 4.90 Å². The van der Waals surface area contributed by atoms with Gasteiger partial charge in [-0.25, -0.2) is 0 Å². The van der Waals surface area contributed by atoms with Gasteiger partial charge in [0.15, 0.2) is 16.9 Å². The van der Waals surface area contributed by atoms with Crippen LogP contribution in [0, 0.1) is 0 Å². The van der Waals surface area contributed by atoms with Crippen molar-refractivity contribution in [3.8, 4) is 11.5 Å². The maximum absolute atomic E-state index is 12.7. The SMILES string of the molecule is CN1CC[C@@H](c2c(O)cc(O)c3c(=O)cc(N4CCCCC4)oc23)[C@@H](O)C1. The summed E-state index contributed by atoms with van der Waals surface area (Å²) in [6.45, 7) is 2.86. The zero-order chi connectivity index (χ0) is 19.1. The van der Waals surface area contributed by atoms with Crippen molar-refractivity contribution in [2.75, 3.05) is 38.1 Å². The molecule has 2 aromatic rings. The largest absolute Gasteiger partial charge is 0.507 e. The Morgan fingerprint density at radius 2 is 1.81 bits per heavy atom. The fourth-order valence-electron chi connectivity index (χ4n) is 4.36. The molecule has 1 aromatic heterocycles. The van der Waals surface area contributed by atoms with Gasteiger partial charge in [0.1, 0.15) is 16.9 Å². The second-order valence-electron chi connectivity index (χ2n) is 7.75. The Labute approximate surface area is 157 Å². The number of aromatic hydroxyl groups is 2. The summed E-state index contributed by atoms with van der Waals surface area (Å²) in [5, 5.41) is 31.5. The predicted octanol–water partition coefficient (Wildman–Crippen LogP) is 1.97. The van der Waals surface area contributed by atoms with Gasteiger partial charge in [-0.05, 0) is 39.3 Å². The van der Waals surface area contributed by atoms with Crippen LogP contribution in [0.4, 0.5) is 5.88 Å². The number of phenols is 2. The van der Waals surface area contributed by atoms with Crippen molar-refractivity contribution >= 4 is 16.9 Å². The molecule has 0 aliphatic carbocycles. The molecule has 7 nitrogen and oxygen atoms in total. The first-order valence-corrected chi connectivity index (χ1v) is 9.60. The second kappa shape index (κ2) is 7.05. The molecule has 1 aromatic carbocycles. The van der Waals surface area contributed by atoms with Crippen LogP contribution in [0.5, 0.6) is 11.5 Å². The molecule has 2 atom stereocenters. The van der Waals surface area contributed by atoms with E-state index in [1.54, 1.807) is 0 Å². The number of phenolic OH excluding ortho intramolecular Hbond substituents is 2. The average molecular weight is 374 g/mol.